The van der Waals surface area contributed by atoms with Crippen molar-refractivity contribution in [2.24, 2.45) is 0 Å². The molecular weight excluding hydrogens is 252 g/mol. The molecule has 0 N–H and O–H groups in total. The molecule has 2 rings (SSSR count). The summed E-state index contributed by atoms with van der Waals surface area (Å²) in [7, 11) is 0. The van der Waals surface area contributed by atoms with E-state index in [0.29, 0.717) is 18.9 Å². The number of ether oxygens (including phenoxy) is 1. The van der Waals surface area contributed by atoms with Crippen LogP contribution in [0.3, 0.4) is 0 Å². The highest BCUT2D eigenvalue weighted by Gasteiger charge is 2.18. The van der Waals surface area contributed by atoms with Crippen LogP contribution in [0.15, 0.2) is 12.3 Å². The molecule has 1 aliphatic heterocycles. The van der Waals surface area contributed by atoms with Crippen molar-refractivity contribution in [2.45, 2.75) is 70.9 Å². The minimum Gasteiger partial charge on any atom is -0.378 e. The van der Waals surface area contributed by atoms with Crippen LogP contribution in [-0.2, 0) is 16.0 Å². The number of carbonyl (C=O) groups is 1. The molecule has 4 nitrogen and oxygen atoms in total. The summed E-state index contributed by atoms with van der Waals surface area (Å²) >= 11 is 0. The van der Waals surface area contributed by atoms with Crippen molar-refractivity contribution < 1.29 is 9.53 Å². The lowest BCUT2D eigenvalue weighted by atomic mass is 10.0. The Labute approximate surface area is 121 Å². The number of carbonyl (C=O) groups excluding carboxylic acids is 1. The molecule has 0 saturated carbocycles. The van der Waals surface area contributed by atoms with Crippen LogP contribution < -0.4 is 0 Å². The predicted molar refractivity (Wildman–Crippen MR) is 78.8 cm³/mol. The minimum atomic E-state index is 0.136. The fourth-order valence-electron chi connectivity index (χ4n) is 2.83. The molecule has 1 unspecified atom stereocenters. The molecule has 0 radical (unpaired) electrons. The van der Waals surface area contributed by atoms with Crippen LogP contribution in [0.2, 0.25) is 0 Å². The van der Waals surface area contributed by atoms with E-state index in [2.05, 4.69) is 18.9 Å². The van der Waals surface area contributed by atoms with Crippen molar-refractivity contribution >= 4 is 5.78 Å². The highest BCUT2D eigenvalue weighted by atomic mass is 16.5. The van der Waals surface area contributed by atoms with E-state index in [1.165, 1.54) is 6.42 Å². The van der Waals surface area contributed by atoms with Gasteiger partial charge in [0.05, 0.1) is 24.3 Å². The molecule has 20 heavy (non-hydrogen) atoms. The number of hydrogen-bond acceptors (Lipinski definition) is 3. The van der Waals surface area contributed by atoms with Gasteiger partial charge in [0.15, 0.2) is 0 Å². The highest BCUT2D eigenvalue weighted by molar-refractivity contribution is 5.80. The molecule has 0 aliphatic carbocycles. The van der Waals surface area contributed by atoms with Crippen LogP contribution in [0.4, 0.5) is 0 Å². The molecule has 1 aliphatic rings. The molecule has 1 saturated heterocycles. The maximum absolute atomic E-state index is 12.1. The third kappa shape index (κ3) is 4.17. The Morgan fingerprint density at radius 1 is 1.45 bits per heavy atom. The fourth-order valence-corrected chi connectivity index (χ4v) is 2.83. The summed E-state index contributed by atoms with van der Waals surface area (Å²) < 4.78 is 7.62. The quantitative estimate of drug-likeness (QED) is 0.768. The molecule has 1 fully saturated rings. The largest absolute Gasteiger partial charge is 0.378 e. The molecule has 112 valence electrons. The van der Waals surface area contributed by atoms with E-state index in [-0.39, 0.29) is 11.9 Å². The van der Waals surface area contributed by atoms with Gasteiger partial charge in [0, 0.05) is 19.2 Å². The molecule has 1 aromatic heterocycles. The van der Waals surface area contributed by atoms with Crippen LogP contribution >= 0.6 is 0 Å². The van der Waals surface area contributed by atoms with Crippen LogP contribution in [0.1, 0.15) is 64.1 Å². The van der Waals surface area contributed by atoms with Crippen molar-refractivity contribution in [3.63, 3.8) is 0 Å². The predicted octanol–water partition coefficient (Wildman–Crippen LogP) is 3.32. The maximum Gasteiger partial charge on any atom is 0.141 e. The van der Waals surface area contributed by atoms with Crippen LogP contribution in [0.25, 0.3) is 0 Å². The maximum atomic E-state index is 12.1. The van der Waals surface area contributed by atoms with Gasteiger partial charge in [-0.2, -0.15) is 5.10 Å². The second-order valence-corrected chi connectivity index (χ2v) is 5.67. The number of hydrogen-bond donors (Lipinski definition) is 0. The summed E-state index contributed by atoms with van der Waals surface area (Å²) in [4.78, 5) is 12.1. The summed E-state index contributed by atoms with van der Waals surface area (Å²) in [5.74, 6) is 0.242. The van der Waals surface area contributed by atoms with Gasteiger partial charge in [0.1, 0.15) is 5.78 Å². The Morgan fingerprint density at radius 3 is 2.90 bits per heavy atom. The topological polar surface area (TPSA) is 44.1 Å². The van der Waals surface area contributed by atoms with E-state index in [1.807, 2.05) is 16.9 Å². The second kappa shape index (κ2) is 7.58. The molecule has 1 atom stereocenters. The lowest BCUT2D eigenvalue weighted by Gasteiger charge is -2.21. The van der Waals surface area contributed by atoms with E-state index in [9.17, 15) is 4.79 Å². The average Bonchev–Trinajstić information content (AvgIpc) is 2.89. The Morgan fingerprint density at radius 2 is 2.25 bits per heavy atom. The lowest BCUT2D eigenvalue weighted by molar-refractivity contribution is -0.122. The van der Waals surface area contributed by atoms with Gasteiger partial charge in [-0.25, -0.2) is 0 Å². The summed E-state index contributed by atoms with van der Waals surface area (Å²) in [6.07, 6.45) is 8.59. The van der Waals surface area contributed by atoms with Gasteiger partial charge in [-0.15, -0.1) is 0 Å². The molecule has 0 aromatic carbocycles. The molecule has 0 amide bonds. The Bertz CT molecular complexity index is 418. The fraction of sp³-hybridized carbons (Fsp3) is 0.750. The first kappa shape index (κ1) is 15.2. The number of aromatic nitrogens is 2. The van der Waals surface area contributed by atoms with Gasteiger partial charge in [0.25, 0.3) is 0 Å². The van der Waals surface area contributed by atoms with Gasteiger partial charge in [0.2, 0.25) is 0 Å². The monoisotopic (exact) mass is 278 g/mol. The smallest absolute Gasteiger partial charge is 0.141 e. The van der Waals surface area contributed by atoms with Crippen molar-refractivity contribution in [2.75, 3.05) is 6.61 Å². The Kier molecular flexibility index (Phi) is 5.77. The number of ketones is 1. The van der Waals surface area contributed by atoms with Gasteiger partial charge in [-0.3, -0.25) is 9.48 Å². The molecule has 0 bridgehead atoms. The van der Waals surface area contributed by atoms with Crippen molar-refractivity contribution in [1.29, 1.82) is 0 Å². The average molecular weight is 278 g/mol. The van der Waals surface area contributed by atoms with E-state index in [1.54, 1.807) is 0 Å². The van der Waals surface area contributed by atoms with Crippen molar-refractivity contribution in [1.82, 2.24) is 9.78 Å². The van der Waals surface area contributed by atoms with Gasteiger partial charge >= 0.3 is 0 Å². The van der Waals surface area contributed by atoms with Crippen molar-refractivity contribution in [3.05, 3.63) is 18.0 Å². The van der Waals surface area contributed by atoms with Crippen LogP contribution in [0, 0.1) is 0 Å². The Hall–Kier alpha value is -1.16. The first-order valence-corrected chi connectivity index (χ1v) is 7.90. The molecule has 4 heteroatoms. The van der Waals surface area contributed by atoms with E-state index in [0.717, 1.165) is 38.0 Å². The van der Waals surface area contributed by atoms with Crippen molar-refractivity contribution in [3.8, 4) is 0 Å². The SMILES string of the molecule is CCC(CC)n1ccc(CC(=O)CC2CCCCO2)n1. The molecule has 2 heterocycles. The Balaban J connectivity index is 1.84. The lowest BCUT2D eigenvalue weighted by Crippen LogP contribution is -2.23. The van der Waals surface area contributed by atoms with Gasteiger partial charge in [-0.1, -0.05) is 13.8 Å². The first-order valence-electron chi connectivity index (χ1n) is 7.90. The van der Waals surface area contributed by atoms with Gasteiger partial charge in [-0.05, 0) is 38.2 Å². The molecular formula is C16H26N2O2. The summed E-state index contributed by atoms with van der Waals surface area (Å²) in [5, 5.41) is 4.54. The standard InChI is InChI=1S/C16H26N2O2/c1-3-14(4-2)18-9-8-13(17-18)11-15(19)12-16-7-5-6-10-20-16/h8-9,14,16H,3-7,10-12H2,1-2H3. The number of nitrogens with zero attached hydrogens (tertiary/aromatic N) is 2. The third-order valence-corrected chi connectivity index (χ3v) is 4.09. The normalized spacial score (nSPS) is 19.4. The molecule has 0 spiro atoms. The second-order valence-electron chi connectivity index (χ2n) is 5.67. The highest BCUT2D eigenvalue weighted by Crippen LogP contribution is 2.18. The number of Topliss-reactive ketones (excluding diaryl/α,β-unsaturated/α-hetero) is 1. The first-order chi connectivity index (χ1) is 9.72. The van der Waals surface area contributed by atoms with E-state index >= 15 is 0 Å². The molecule has 1 aromatic rings. The summed E-state index contributed by atoms with van der Waals surface area (Å²) in [6, 6.07) is 2.42. The van der Waals surface area contributed by atoms with Gasteiger partial charge < -0.3 is 4.74 Å². The van der Waals surface area contributed by atoms with E-state index < -0.39 is 0 Å². The summed E-state index contributed by atoms with van der Waals surface area (Å²) in [6.45, 7) is 5.14. The zero-order valence-corrected chi connectivity index (χ0v) is 12.7. The zero-order chi connectivity index (χ0) is 14.4. The zero-order valence-electron chi connectivity index (χ0n) is 12.7. The van der Waals surface area contributed by atoms with Crippen LogP contribution in [0.5, 0.6) is 0 Å². The van der Waals surface area contributed by atoms with E-state index in [4.69, 9.17) is 4.74 Å². The third-order valence-electron chi connectivity index (χ3n) is 4.09. The summed E-state index contributed by atoms with van der Waals surface area (Å²) in [5.41, 5.74) is 0.887. The van der Waals surface area contributed by atoms with Crippen LogP contribution in [-0.4, -0.2) is 28.3 Å². The minimum absolute atomic E-state index is 0.136. The number of rotatable bonds is 7.